The van der Waals surface area contributed by atoms with Gasteiger partial charge in [-0.3, -0.25) is 0 Å². The number of alkyl halides is 2. The molecule has 0 unspecified atom stereocenters. The SMILES string of the molecule is Fc1cc(Br)c(Cl)nc1C(F)F. The predicted molar refractivity (Wildman–Crippen MR) is 41.9 cm³/mol. The molecule has 0 aliphatic carbocycles. The Morgan fingerprint density at radius 1 is 1.50 bits per heavy atom. The van der Waals surface area contributed by atoms with E-state index in [1.807, 2.05) is 0 Å². The summed E-state index contributed by atoms with van der Waals surface area (Å²) in [4.78, 5) is 3.17. The molecule has 0 atom stereocenters. The van der Waals surface area contributed by atoms with Crippen molar-refractivity contribution in [2.75, 3.05) is 0 Å². The van der Waals surface area contributed by atoms with E-state index >= 15 is 0 Å². The Morgan fingerprint density at radius 2 is 2.08 bits per heavy atom. The van der Waals surface area contributed by atoms with E-state index in [-0.39, 0.29) is 9.63 Å². The third-order valence-electron chi connectivity index (χ3n) is 1.12. The Morgan fingerprint density at radius 3 is 2.58 bits per heavy atom. The lowest BCUT2D eigenvalue weighted by Gasteiger charge is -2.02. The van der Waals surface area contributed by atoms with Crippen molar-refractivity contribution in [3.63, 3.8) is 0 Å². The van der Waals surface area contributed by atoms with Gasteiger partial charge < -0.3 is 0 Å². The lowest BCUT2D eigenvalue weighted by atomic mass is 10.3. The van der Waals surface area contributed by atoms with E-state index < -0.39 is 17.9 Å². The summed E-state index contributed by atoms with van der Waals surface area (Å²) in [7, 11) is 0. The molecule has 0 amide bonds. The van der Waals surface area contributed by atoms with Crippen LogP contribution in [0.15, 0.2) is 10.5 Å². The second-order valence-electron chi connectivity index (χ2n) is 1.93. The van der Waals surface area contributed by atoms with Gasteiger partial charge >= 0.3 is 0 Å². The topological polar surface area (TPSA) is 12.9 Å². The average molecular weight is 260 g/mol. The maximum absolute atomic E-state index is 12.7. The molecule has 66 valence electrons. The van der Waals surface area contributed by atoms with E-state index in [1.54, 1.807) is 0 Å². The van der Waals surface area contributed by atoms with E-state index in [2.05, 4.69) is 20.9 Å². The van der Waals surface area contributed by atoms with Crippen LogP contribution in [0.25, 0.3) is 0 Å². The first kappa shape index (κ1) is 9.80. The highest BCUT2D eigenvalue weighted by molar-refractivity contribution is 9.10. The van der Waals surface area contributed by atoms with Crippen molar-refractivity contribution < 1.29 is 13.2 Å². The number of hydrogen-bond acceptors (Lipinski definition) is 1. The van der Waals surface area contributed by atoms with Gasteiger partial charge in [0.05, 0.1) is 4.47 Å². The van der Waals surface area contributed by atoms with Gasteiger partial charge in [-0.25, -0.2) is 18.2 Å². The first-order valence-corrected chi connectivity index (χ1v) is 3.99. The molecule has 0 aliphatic rings. The first-order valence-electron chi connectivity index (χ1n) is 2.82. The first-order chi connectivity index (χ1) is 5.52. The van der Waals surface area contributed by atoms with E-state index in [0.29, 0.717) is 0 Å². The minimum Gasteiger partial charge on any atom is -0.231 e. The molecule has 0 N–H and O–H groups in total. The molecule has 0 radical (unpaired) electrons. The Labute approximate surface area is 79.7 Å². The Balaban J connectivity index is 3.23. The molecule has 1 nitrogen and oxygen atoms in total. The van der Waals surface area contributed by atoms with Gasteiger partial charge in [0.25, 0.3) is 6.43 Å². The van der Waals surface area contributed by atoms with Crippen molar-refractivity contribution >= 4 is 27.5 Å². The molecule has 0 bridgehead atoms. The van der Waals surface area contributed by atoms with Crippen molar-refractivity contribution in [3.05, 3.63) is 27.2 Å². The number of pyridine rings is 1. The smallest absolute Gasteiger partial charge is 0.231 e. The van der Waals surface area contributed by atoms with Crippen LogP contribution >= 0.6 is 27.5 Å². The lowest BCUT2D eigenvalue weighted by Crippen LogP contribution is -1.96. The van der Waals surface area contributed by atoms with E-state index in [9.17, 15) is 13.2 Å². The van der Waals surface area contributed by atoms with Gasteiger partial charge in [-0.2, -0.15) is 0 Å². The zero-order valence-electron chi connectivity index (χ0n) is 5.49. The van der Waals surface area contributed by atoms with Gasteiger partial charge in [0.1, 0.15) is 10.8 Å². The Bertz CT molecular complexity index is 305. The van der Waals surface area contributed by atoms with Crippen LogP contribution in [0.5, 0.6) is 0 Å². The summed E-state index contributed by atoms with van der Waals surface area (Å²) in [5.74, 6) is -1.07. The van der Waals surface area contributed by atoms with Gasteiger partial charge in [-0.1, -0.05) is 11.6 Å². The second kappa shape index (κ2) is 3.62. The van der Waals surface area contributed by atoms with E-state index in [4.69, 9.17) is 11.6 Å². The fourth-order valence-electron chi connectivity index (χ4n) is 0.610. The van der Waals surface area contributed by atoms with Crippen LogP contribution in [0.3, 0.4) is 0 Å². The summed E-state index contributed by atoms with van der Waals surface area (Å²) in [6.07, 6.45) is -2.95. The van der Waals surface area contributed by atoms with Crippen LogP contribution in [-0.4, -0.2) is 4.98 Å². The number of hydrogen-bond donors (Lipinski definition) is 0. The molecule has 1 aromatic heterocycles. The fourth-order valence-corrected chi connectivity index (χ4v) is 1.05. The zero-order chi connectivity index (χ0) is 9.30. The van der Waals surface area contributed by atoms with Crippen LogP contribution < -0.4 is 0 Å². The predicted octanol–water partition coefficient (Wildman–Crippen LogP) is 3.57. The molecule has 0 aromatic carbocycles. The normalized spacial score (nSPS) is 10.8. The zero-order valence-corrected chi connectivity index (χ0v) is 7.83. The number of halogens is 5. The minimum atomic E-state index is -2.95. The molecular weight excluding hydrogens is 258 g/mol. The molecular formula is C6H2BrClF3N. The molecule has 0 spiro atoms. The van der Waals surface area contributed by atoms with Crippen molar-refractivity contribution in [2.45, 2.75) is 6.43 Å². The number of nitrogens with zero attached hydrogens (tertiary/aromatic N) is 1. The van der Waals surface area contributed by atoms with Gasteiger partial charge in [0.2, 0.25) is 0 Å². The van der Waals surface area contributed by atoms with Crippen molar-refractivity contribution in [1.82, 2.24) is 4.98 Å². The summed E-state index contributed by atoms with van der Waals surface area (Å²) < 4.78 is 36.7. The van der Waals surface area contributed by atoms with Crippen LogP contribution in [0.1, 0.15) is 12.1 Å². The standard InChI is InChI=1S/C6H2BrClF3N/c7-2-1-3(9)4(6(10)11)12-5(2)8/h1,6H. The maximum Gasteiger partial charge on any atom is 0.283 e. The van der Waals surface area contributed by atoms with Crippen LogP contribution in [0.4, 0.5) is 13.2 Å². The molecule has 0 fully saturated rings. The van der Waals surface area contributed by atoms with Crippen LogP contribution in [0.2, 0.25) is 5.15 Å². The van der Waals surface area contributed by atoms with E-state index in [0.717, 1.165) is 6.07 Å². The molecule has 0 saturated carbocycles. The number of rotatable bonds is 1. The second-order valence-corrected chi connectivity index (χ2v) is 3.14. The summed E-state index contributed by atoms with van der Waals surface area (Å²) >= 11 is 8.22. The summed E-state index contributed by atoms with van der Waals surface area (Å²) in [5, 5.41) is -0.174. The number of aromatic nitrogens is 1. The van der Waals surface area contributed by atoms with E-state index in [1.165, 1.54) is 0 Å². The Kier molecular flexibility index (Phi) is 2.95. The van der Waals surface area contributed by atoms with Crippen molar-refractivity contribution in [2.24, 2.45) is 0 Å². The van der Waals surface area contributed by atoms with Crippen molar-refractivity contribution in [1.29, 1.82) is 0 Å². The quantitative estimate of drug-likeness (QED) is 0.703. The minimum absolute atomic E-state index is 0.158. The molecule has 0 saturated heterocycles. The molecule has 1 rings (SSSR count). The highest BCUT2D eigenvalue weighted by Crippen LogP contribution is 2.27. The third kappa shape index (κ3) is 1.90. The van der Waals surface area contributed by atoms with Crippen LogP contribution in [-0.2, 0) is 0 Å². The lowest BCUT2D eigenvalue weighted by molar-refractivity contribution is 0.140. The van der Waals surface area contributed by atoms with Gasteiger partial charge in [-0.05, 0) is 22.0 Å². The maximum atomic E-state index is 12.7. The van der Waals surface area contributed by atoms with Crippen molar-refractivity contribution in [3.8, 4) is 0 Å². The monoisotopic (exact) mass is 259 g/mol. The molecule has 1 heterocycles. The average Bonchev–Trinajstić information content (AvgIpc) is 1.96. The largest absolute Gasteiger partial charge is 0.283 e. The van der Waals surface area contributed by atoms with Gasteiger partial charge in [0, 0.05) is 0 Å². The Hall–Kier alpha value is -0.290. The highest BCUT2D eigenvalue weighted by atomic mass is 79.9. The molecule has 12 heavy (non-hydrogen) atoms. The van der Waals surface area contributed by atoms with Gasteiger partial charge in [0.15, 0.2) is 5.82 Å². The summed E-state index contributed by atoms with van der Waals surface area (Å²) in [5.41, 5.74) is -0.928. The highest BCUT2D eigenvalue weighted by Gasteiger charge is 2.17. The molecule has 6 heteroatoms. The summed E-state index contributed by atoms with van der Waals surface area (Å²) in [6.45, 7) is 0. The van der Waals surface area contributed by atoms with Crippen LogP contribution in [0, 0.1) is 5.82 Å². The molecule has 0 aliphatic heterocycles. The summed E-state index contributed by atoms with van der Waals surface area (Å²) in [6, 6.07) is 0.858. The third-order valence-corrected chi connectivity index (χ3v) is 2.24. The molecule has 1 aromatic rings. The van der Waals surface area contributed by atoms with Gasteiger partial charge in [-0.15, -0.1) is 0 Å². The fraction of sp³-hybridized carbons (Fsp3) is 0.167.